The van der Waals surface area contributed by atoms with Crippen LogP contribution < -0.4 is 4.90 Å². The Balaban J connectivity index is 1.23. The number of nitrogens with zero attached hydrogens (tertiary/aromatic N) is 2. The van der Waals surface area contributed by atoms with Gasteiger partial charge >= 0.3 is 0 Å². The van der Waals surface area contributed by atoms with Gasteiger partial charge in [-0.2, -0.15) is 0 Å². The molecule has 0 saturated carbocycles. The maximum Gasteiger partial charge on any atom is 0.0645 e. The zero-order chi connectivity index (χ0) is 44.2. The van der Waals surface area contributed by atoms with Crippen LogP contribution in [0, 0.1) is 0 Å². The smallest absolute Gasteiger partial charge is 0.0645 e. The summed E-state index contributed by atoms with van der Waals surface area (Å²) in [5.41, 5.74) is 12.3. The average molecular weight is 736 g/mol. The molecule has 11 rings (SSSR count). The normalized spacial score (nSPS) is 14.6. The summed E-state index contributed by atoms with van der Waals surface area (Å²) in [6, 6.07) is 53.5. The summed E-state index contributed by atoms with van der Waals surface area (Å²) in [5.74, 6) is 0. The summed E-state index contributed by atoms with van der Waals surface area (Å²) >= 11 is 0. The zero-order valence-corrected chi connectivity index (χ0v) is 31.5. The number of anilines is 3. The van der Waals surface area contributed by atoms with Gasteiger partial charge in [0, 0.05) is 38.8 Å². The first-order valence-electron chi connectivity index (χ1n) is 22.8. The lowest BCUT2D eigenvalue weighted by molar-refractivity contribution is 0.660. The van der Waals surface area contributed by atoms with Gasteiger partial charge in [0.15, 0.2) is 0 Å². The maximum atomic E-state index is 9.60. The van der Waals surface area contributed by atoms with Gasteiger partial charge in [-0.05, 0) is 98.2 Å². The van der Waals surface area contributed by atoms with Gasteiger partial charge in [-0.1, -0.05) is 171 Å². The molecule has 1 heterocycles. The summed E-state index contributed by atoms with van der Waals surface area (Å²) < 4.78 is 65.6. The Hall–Kier alpha value is -7.16. The van der Waals surface area contributed by atoms with Gasteiger partial charge in [0.1, 0.15) is 0 Å². The highest BCUT2D eigenvalue weighted by Gasteiger charge is 2.36. The van der Waals surface area contributed by atoms with Gasteiger partial charge in [0.05, 0.1) is 26.3 Å². The molecule has 0 spiro atoms. The molecule has 2 nitrogen and oxygen atoms in total. The standard InChI is InChI=1S/C55H40N2/c1-55(2)48-28-13-11-26-46(48)47-33-32-42(36-49(47)55)56(50-29-14-12-24-43(50)37-17-5-3-6-18-37)40-22-15-23-41(35-40)57-51-30-16-27-45(38-19-7-4-8-20-38)53(51)54-44-25-10-9-21-39(44)31-34-52(54)57/h3-36H,1-2H3/i9D,10D,16D,21D,25D,27D,30D. The molecule has 1 aromatic heterocycles. The van der Waals surface area contributed by atoms with Crippen LogP contribution >= 0.6 is 0 Å². The van der Waals surface area contributed by atoms with Crippen LogP contribution in [0.15, 0.2) is 206 Å². The van der Waals surface area contributed by atoms with E-state index in [0.717, 1.165) is 28.2 Å². The molecule has 2 heteroatoms. The molecule has 0 fully saturated rings. The number of hydrogen-bond acceptors (Lipinski definition) is 1. The fourth-order valence-electron chi connectivity index (χ4n) is 9.04. The molecule has 0 bridgehead atoms. The van der Waals surface area contributed by atoms with Gasteiger partial charge in [-0.3, -0.25) is 0 Å². The number of para-hydroxylation sites is 1. The summed E-state index contributed by atoms with van der Waals surface area (Å²) in [6.45, 7) is 4.56. The van der Waals surface area contributed by atoms with Gasteiger partial charge in [-0.25, -0.2) is 0 Å². The number of fused-ring (bicyclic) bond motifs is 8. The molecule has 0 amide bonds. The molecule has 9 aromatic carbocycles. The van der Waals surface area contributed by atoms with Crippen molar-refractivity contribution in [3.63, 3.8) is 0 Å². The predicted molar refractivity (Wildman–Crippen MR) is 241 cm³/mol. The van der Waals surface area contributed by atoms with Crippen LogP contribution in [0.1, 0.15) is 34.6 Å². The summed E-state index contributed by atoms with van der Waals surface area (Å²) in [6.07, 6.45) is 0. The van der Waals surface area contributed by atoms with Crippen LogP contribution in [-0.2, 0) is 5.41 Å². The second-order valence-corrected chi connectivity index (χ2v) is 15.2. The molecule has 0 radical (unpaired) electrons. The fourth-order valence-corrected chi connectivity index (χ4v) is 9.04. The van der Waals surface area contributed by atoms with E-state index in [4.69, 9.17) is 4.11 Å². The van der Waals surface area contributed by atoms with Crippen LogP contribution in [0.5, 0.6) is 0 Å². The summed E-state index contributed by atoms with van der Waals surface area (Å²) in [4.78, 5) is 2.28. The minimum Gasteiger partial charge on any atom is -0.310 e. The van der Waals surface area contributed by atoms with Crippen molar-refractivity contribution in [2.45, 2.75) is 19.3 Å². The first kappa shape index (κ1) is 26.6. The van der Waals surface area contributed by atoms with E-state index in [0.29, 0.717) is 49.4 Å². The van der Waals surface area contributed by atoms with Crippen molar-refractivity contribution < 1.29 is 9.60 Å². The predicted octanol–water partition coefficient (Wildman–Crippen LogP) is 15.0. The van der Waals surface area contributed by atoms with E-state index in [2.05, 4.69) is 110 Å². The van der Waals surface area contributed by atoms with Crippen molar-refractivity contribution >= 4 is 49.6 Å². The molecule has 0 saturated heterocycles. The average Bonchev–Trinajstić information content (AvgIpc) is 3.79. The van der Waals surface area contributed by atoms with E-state index in [1.54, 1.807) is 6.07 Å². The van der Waals surface area contributed by atoms with E-state index in [1.807, 2.05) is 71.3 Å². The maximum absolute atomic E-state index is 9.60. The first-order valence-corrected chi connectivity index (χ1v) is 19.3. The highest BCUT2D eigenvalue weighted by Crippen LogP contribution is 2.51. The highest BCUT2D eigenvalue weighted by molar-refractivity contribution is 6.25. The van der Waals surface area contributed by atoms with Crippen LogP contribution in [-0.4, -0.2) is 4.57 Å². The van der Waals surface area contributed by atoms with Crippen molar-refractivity contribution in [2.24, 2.45) is 0 Å². The molecular formula is C55H40N2. The van der Waals surface area contributed by atoms with Crippen molar-refractivity contribution in [3.05, 3.63) is 217 Å². The van der Waals surface area contributed by atoms with E-state index in [1.165, 1.54) is 22.3 Å². The fraction of sp³-hybridized carbons (Fsp3) is 0.0545. The highest BCUT2D eigenvalue weighted by atomic mass is 15.1. The van der Waals surface area contributed by atoms with Gasteiger partial charge in [0.2, 0.25) is 0 Å². The monoisotopic (exact) mass is 735 g/mol. The van der Waals surface area contributed by atoms with E-state index in [-0.39, 0.29) is 47.7 Å². The third-order valence-corrected chi connectivity index (χ3v) is 11.7. The molecule has 0 aliphatic heterocycles. The molecule has 0 atom stereocenters. The van der Waals surface area contributed by atoms with E-state index >= 15 is 0 Å². The topological polar surface area (TPSA) is 8.17 Å². The number of rotatable bonds is 6. The third kappa shape index (κ3) is 5.18. The molecular weight excluding hydrogens is 689 g/mol. The minimum atomic E-state index is -0.364. The lowest BCUT2D eigenvalue weighted by Gasteiger charge is -2.30. The van der Waals surface area contributed by atoms with Gasteiger partial charge in [0.25, 0.3) is 0 Å². The van der Waals surface area contributed by atoms with E-state index < -0.39 is 0 Å². The van der Waals surface area contributed by atoms with Crippen molar-refractivity contribution in [1.29, 1.82) is 0 Å². The van der Waals surface area contributed by atoms with E-state index in [9.17, 15) is 5.48 Å². The summed E-state index contributed by atoms with van der Waals surface area (Å²) in [5, 5.41) is 1.62. The molecule has 1 aliphatic rings. The second-order valence-electron chi connectivity index (χ2n) is 15.2. The Labute approximate surface area is 343 Å². The van der Waals surface area contributed by atoms with Crippen molar-refractivity contribution in [2.75, 3.05) is 4.90 Å². The van der Waals surface area contributed by atoms with Crippen molar-refractivity contribution in [3.8, 4) is 39.1 Å². The Morgan fingerprint density at radius 3 is 1.98 bits per heavy atom. The van der Waals surface area contributed by atoms with Crippen LogP contribution in [0.4, 0.5) is 17.1 Å². The molecule has 0 N–H and O–H groups in total. The van der Waals surface area contributed by atoms with Crippen LogP contribution in [0.3, 0.4) is 0 Å². The lowest BCUT2D eigenvalue weighted by Crippen LogP contribution is -2.17. The summed E-state index contributed by atoms with van der Waals surface area (Å²) in [7, 11) is 0. The number of benzene rings is 9. The molecule has 10 aromatic rings. The first-order chi connectivity index (χ1) is 31.0. The quantitative estimate of drug-likeness (QED) is 0.165. The Morgan fingerprint density at radius 2 is 1.16 bits per heavy atom. The zero-order valence-electron chi connectivity index (χ0n) is 38.5. The van der Waals surface area contributed by atoms with Crippen molar-refractivity contribution in [1.82, 2.24) is 4.57 Å². The molecule has 270 valence electrons. The van der Waals surface area contributed by atoms with Gasteiger partial charge < -0.3 is 9.47 Å². The molecule has 1 aliphatic carbocycles. The Bertz CT molecular complexity index is 3560. The molecule has 57 heavy (non-hydrogen) atoms. The lowest BCUT2D eigenvalue weighted by atomic mass is 9.82. The van der Waals surface area contributed by atoms with Crippen LogP contribution in [0.2, 0.25) is 0 Å². The second kappa shape index (κ2) is 13.0. The largest absolute Gasteiger partial charge is 0.310 e. The third-order valence-electron chi connectivity index (χ3n) is 11.7. The number of hydrogen-bond donors (Lipinski definition) is 0. The molecule has 0 unspecified atom stereocenters. The Morgan fingerprint density at radius 1 is 0.474 bits per heavy atom. The SMILES string of the molecule is [2H]c1c([2H])c([2H])c2c(ccc3c2c2c(-c4ccccc4)c([2H])c([2H])c([2H])c2n3-c2cccc(N(c3ccc4c(c3)C(C)(C)c3ccccc3-4)c3ccccc3-c3ccccc3)c2)c1[2H]. The number of aromatic nitrogens is 1. The van der Waals surface area contributed by atoms with Crippen LogP contribution in [0.25, 0.3) is 71.6 Å². The minimum absolute atomic E-state index is 0.125. The Kier molecular flexibility index (Phi) is 6.05. The van der Waals surface area contributed by atoms with Gasteiger partial charge in [-0.15, -0.1) is 0 Å².